The number of imide groups is 1. The average Bonchev–Trinajstić information content (AvgIpc) is 2.34. The van der Waals surface area contributed by atoms with Crippen molar-refractivity contribution in [2.75, 3.05) is 6.54 Å². The first kappa shape index (κ1) is 11.3. The van der Waals surface area contributed by atoms with Crippen molar-refractivity contribution in [3.8, 4) is 0 Å². The number of carbonyl (C=O) groups excluding carboxylic acids is 3. The zero-order chi connectivity index (χ0) is 12.4. The van der Waals surface area contributed by atoms with Crippen LogP contribution in [0.4, 0.5) is 0 Å². The number of amides is 3. The third kappa shape index (κ3) is 2.15. The molecule has 2 heterocycles. The van der Waals surface area contributed by atoms with Crippen molar-refractivity contribution < 1.29 is 14.4 Å². The minimum Gasteiger partial charge on any atom is -0.318 e. The van der Waals surface area contributed by atoms with Crippen molar-refractivity contribution in [3.63, 3.8) is 0 Å². The largest absolute Gasteiger partial charge is 0.318 e. The molecule has 2 rings (SSSR count). The van der Waals surface area contributed by atoms with E-state index in [0.29, 0.717) is 5.56 Å². The second kappa shape index (κ2) is 4.32. The van der Waals surface area contributed by atoms with E-state index >= 15 is 0 Å². The van der Waals surface area contributed by atoms with Crippen LogP contribution in [0.25, 0.3) is 0 Å². The average molecular weight is 233 g/mol. The van der Waals surface area contributed by atoms with Crippen LogP contribution in [0.2, 0.25) is 0 Å². The second-order valence-electron chi connectivity index (χ2n) is 3.76. The molecule has 3 amide bonds. The third-order valence-electron chi connectivity index (χ3n) is 2.61. The van der Waals surface area contributed by atoms with Gasteiger partial charge in [-0.15, -0.1) is 0 Å². The van der Waals surface area contributed by atoms with Crippen LogP contribution >= 0.6 is 0 Å². The molecule has 1 N–H and O–H groups in total. The monoisotopic (exact) mass is 233 g/mol. The maximum Gasteiger partial charge on any atom is 0.255 e. The van der Waals surface area contributed by atoms with Gasteiger partial charge < -0.3 is 4.90 Å². The maximum absolute atomic E-state index is 12.1. The van der Waals surface area contributed by atoms with E-state index in [0.717, 1.165) is 0 Å². The molecule has 1 atom stereocenters. The van der Waals surface area contributed by atoms with Gasteiger partial charge in [-0.3, -0.25) is 24.7 Å². The van der Waals surface area contributed by atoms with Gasteiger partial charge in [0.25, 0.3) is 5.91 Å². The SMILES string of the molecule is CC1C(=O)NC(=O)CN1C(=O)c1ccncc1. The molecule has 6 nitrogen and oxygen atoms in total. The Balaban J connectivity index is 2.24. The van der Waals surface area contributed by atoms with E-state index in [1.54, 1.807) is 19.1 Å². The molecule has 0 spiro atoms. The lowest BCUT2D eigenvalue weighted by molar-refractivity contribution is -0.138. The fourth-order valence-corrected chi connectivity index (χ4v) is 1.62. The molecular weight excluding hydrogens is 222 g/mol. The molecule has 1 saturated heterocycles. The van der Waals surface area contributed by atoms with Gasteiger partial charge >= 0.3 is 0 Å². The Bertz CT molecular complexity index is 472. The molecule has 1 aromatic rings. The molecule has 0 bridgehead atoms. The maximum atomic E-state index is 12.1. The van der Waals surface area contributed by atoms with Gasteiger partial charge in [-0.25, -0.2) is 0 Å². The summed E-state index contributed by atoms with van der Waals surface area (Å²) in [6, 6.07) is 2.45. The zero-order valence-electron chi connectivity index (χ0n) is 9.21. The number of hydrogen-bond acceptors (Lipinski definition) is 4. The molecular formula is C11H11N3O3. The number of rotatable bonds is 1. The van der Waals surface area contributed by atoms with Gasteiger partial charge in [-0.05, 0) is 19.1 Å². The molecule has 88 valence electrons. The molecule has 1 aliphatic heterocycles. The summed E-state index contributed by atoms with van der Waals surface area (Å²) in [5.74, 6) is -1.26. The van der Waals surface area contributed by atoms with Crippen molar-refractivity contribution >= 4 is 17.7 Å². The Kier molecular flexibility index (Phi) is 2.86. The third-order valence-corrected chi connectivity index (χ3v) is 2.61. The molecule has 0 saturated carbocycles. The van der Waals surface area contributed by atoms with E-state index in [-0.39, 0.29) is 12.5 Å². The van der Waals surface area contributed by atoms with Crippen LogP contribution in [0.1, 0.15) is 17.3 Å². The Morgan fingerprint density at radius 1 is 1.41 bits per heavy atom. The first-order valence-corrected chi connectivity index (χ1v) is 5.14. The predicted molar refractivity (Wildman–Crippen MR) is 57.9 cm³/mol. The number of pyridine rings is 1. The van der Waals surface area contributed by atoms with Gasteiger partial charge in [-0.2, -0.15) is 0 Å². The number of aromatic nitrogens is 1. The van der Waals surface area contributed by atoms with Crippen molar-refractivity contribution in [2.45, 2.75) is 13.0 Å². The van der Waals surface area contributed by atoms with E-state index in [9.17, 15) is 14.4 Å². The number of nitrogens with one attached hydrogen (secondary N) is 1. The van der Waals surface area contributed by atoms with Crippen LogP contribution in [0.15, 0.2) is 24.5 Å². The summed E-state index contributed by atoms with van der Waals surface area (Å²) in [7, 11) is 0. The highest BCUT2D eigenvalue weighted by Crippen LogP contribution is 2.10. The lowest BCUT2D eigenvalue weighted by Crippen LogP contribution is -2.58. The molecule has 17 heavy (non-hydrogen) atoms. The molecule has 1 unspecified atom stereocenters. The summed E-state index contributed by atoms with van der Waals surface area (Å²) in [5, 5.41) is 2.18. The highest BCUT2D eigenvalue weighted by Gasteiger charge is 2.33. The fraction of sp³-hybridized carbons (Fsp3) is 0.273. The summed E-state index contributed by atoms with van der Waals surface area (Å²) in [4.78, 5) is 39.8. The van der Waals surface area contributed by atoms with Crippen LogP contribution in [0.5, 0.6) is 0 Å². The van der Waals surface area contributed by atoms with Crippen LogP contribution in [0, 0.1) is 0 Å². The zero-order valence-corrected chi connectivity index (χ0v) is 9.21. The first-order valence-electron chi connectivity index (χ1n) is 5.14. The highest BCUT2D eigenvalue weighted by molar-refractivity contribution is 6.06. The summed E-state index contributed by atoms with van der Waals surface area (Å²) < 4.78 is 0. The second-order valence-corrected chi connectivity index (χ2v) is 3.76. The van der Waals surface area contributed by atoms with Gasteiger partial charge in [0.05, 0.1) is 0 Å². The van der Waals surface area contributed by atoms with Crippen molar-refractivity contribution in [1.82, 2.24) is 15.2 Å². The molecule has 0 aliphatic carbocycles. The number of nitrogens with zero attached hydrogens (tertiary/aromatic N) is 2. The normalized spacial score (nSPS) is 20.1. The van der Waals surface area contributed by atoms with Gasteiger partial charge in [0.1, 0.15) is 12.6 Å². The van der Waals surface area contributed by atoms with Crippen molar-refractivity contribution in [2.24, 2.45) is 0 Å². The van der Waals surface area contributed by atoms with E-state index in [1.807, 2.05) is 0 Å². The summed E-state index contributed by atoms with van der Waals surface area (Å²) in [6.45, 7) is 1.48. The highest BCUT2D eigenvalue weighted by atomic mass is 16.2. The Labute approximate surface area is 97.6 Å². The summed E-state index contributed by atoms with van der Waals surface area (Å²) >= 11 is 0. The number of carbonyl (C=O) groups is 3. The van der Waals surface area contributed by atoms with Crippen molar-refractivity contribution in [1.29, 1.82) is 0 Å². The van der Waals surface area contributed by atoms with Gasteiger partial charge in [0.15, 0.2) is 0 Å². The Hall–Kier alpha value is -2.24. The molecule has 6 heteroatoms. The molecule has 1 aromatic heterocycles. The van der Waals surface area contributed by atoms with Crippen LogP contribution in [-0.4, -0.2) is 40.2 Å². The molecule has 1 aliphatic rings. The fourth-order valence-electron chi connectivity index (χ4n) is 1.62. The van der Waals surface area contributed by atoms with Crippen LogP contribution in [-0.2, 0) is 9.59 Å². The topological polar surface area (TPSA) is 79.4 Å². The summed E-state index contributed by atoms with van der Waals surface area (Å²) in [6.07, 6.45) is 2.98. The molecule has 0 aromatic carbocycles. The minimum atomic E-state index is -0.645. The Morgan fingerprint density at radius 2 is 2.06 bits per heavy atom. The minimum absolute atomic E-state index is 0.103. The van der Waals surface area contributed by atoms with Gasteiger partial charge in [0, 0.05) is 18.0 Å². The lowest BCUT2D eigenvalue weighted by Gasteiger charge is -2.31. The van der Waals surface area contributed by atoms with Crippen molar-refractivity contribution in [3.05, 3.63) is 30.1 Å². The predicted octanol–water partition coefficient (Wildman–Crippen LogP) is -0.431. The molecule has 0 radical (unpaired) electrons. The quantitative estimate of drug-likeness (QED) is 0.667. The summed E-state index contributed by atoms with van der Waals surface area (Å²) in [5.41, 5.74) is 0.411. The van der Waals surface area contributed by atoms with E-state index in [1.165, 1.54) is 17.3 Å². The van der Waals surface area contributed by atoms with Crippen LogP contribution < -0.4 is 5.32 Å². The van der Waals surface area contributed by atoms with Gasteiger partial charge in [0.2, 0.25) is 11.8 Å². The van der Waals surface area contributed by atoms with E-state index in [4.69, 9.17) is 0 Å². The standard InChI is InChI=1S/C11H11N3O3/c1-7-10(16)13-9(15)6-14(7)11(17)8-2-4-12-5-3-8/h2-5,7H,6H2,1H3,(H,13,15,16). The van der Waals surface area contributed by atoms with Gasteiger partial charge in [-0.1, -0.05) is 0 Å². The Morgan fingerprint density at radius 3 is 2.71 bits per heavy atom. The van der Waals surface area contributed by atoms with Crippen LogP contribution in [0.3, 0.4) is 0 Å². The number of piperazine rings is 1. The smallest absolute Gasteiger partial charge is 0.255 e. The molecule has 1 fully saturated rings. The number of hydrogen-bond donors (Lipinski definition) is 1. The van der Waals surface area contributed by atoms with E-state index < -0.39 is 17.9 Å². The first-order chi connectivity index (χ1) is 8.09. The lowest BCUT2D eigenvalue weighted by atomic mass is 10.1. The van der Waals surface area contributed by atoms with E-state index in [2.05, 4.69) is 10.3 Å².